The molecular formula is C15H30N4. The molecule has 0 bridgehead atoms. The van der Waals surface area contributed by atoms with Gasteiger partial charge in [-0.3, -0.25) is 4.90 Å². The first-order valence-corrected chi connectivity index (χ1v) is 8.01. The maximum Gasteiger partial charge on any atom is 0.0196 e. The quantitative estimate of drug-likeness (QED) is 0.785. The number of hydrogen-bond donors (Lipinski definition) is 1. The lowest BCUT2D eigenvalue weighted by Crippen LogP contribution is -2.56. The van der Waals surface area contributed by atoms with Crippen molar-refractivity contribution in [3.05, 3.63) is 0 Å². The van der Waals surface area contributed by atoms with Crippen LogP contribution in [-0.2, 0) is 0 Å². The number of rotatable bonds is 3. The molecule has 3 saturated heterocycles. The minimum atomic E-state index is 0.707. The van der Waals surface area contributed by atoms with Crippen molar-refractivity contribution < 1.29 is 0 Å². The van der Waals surface area contributed by atoms with E-state index in [-0.39, 0.29) is 0 Å². The van der Waals surface area contributed by atoms with Gasteiger partial charge in [-0.2, -0.15) is 0 Å². The van der Waals surface area contributed by atoms with Crippen LogP contribution in [0.1, 0.15) is 13.8 Å². The second-order valence-corrected chi connectivity index (χ2v) is 7.07. The van der Waals surface area contributed by atoms with Gasteiger partial charge < -0.3 is 15.1 Å². The van der Waals surface area contributed by atoms with Gasteiger partial charge in [-0.25, -0.2) is 0 Å². The average Bonchev–Trinajstić information content (AvgIpc) is 2.92. The Balaban J connectivity index is 1.45. The molecule has 3 aliphatic heterocycles. The monoisotopic (exact) mass is 266 g/mol. The summed E-state index contributed by atoms with van der Waals surface area (Å²) in [4.78, 5) is 7.88. The topological polar surface area (TPSA) is 21.8 Å². The highest BCUT2D eigenvalue weighted by Crippen LogP contribution is 2.26. The number of nitrogens with zero attached hydrogens (tertiary/aromatic N) is 3. The summed E-state index contributed by atoms with van der Waals surface area (Å²) in [6.07, 6.45) is 0. The molecule has 0 amide bonds. The predicted octanol–water partition coefficient (Wildman–Crippen LogP) is 0.162. The maximum absolute atomic E-state index is 3.53. The van der Waals surface area contributed by atoms with Crippen molar-refractivity contribution in [1.82, 2.24) is 20.0 Å². The first-order chi connectivity index (χ1) is 9.13. The smallest absolute Gasteiger partial charge is 0.0196 e. The second kappa shape index (κ2) is 5.68. The van der Waals surface area contributed by atoms with E-state index in [9.17, 15) is 0 Å². The van der Waals surface area contributed by atoms with Gasteiger partial charge in [0, 0.05) is 51.4 Å². The molecule has 4 unspecified atom stereocenters. The summed E-state index contributed by atoms with van der Waals surface area (Å²) in [7, 11) is 2.26. The van der Waals surface area contributed by atoms with Crippen LogP contribution in [-0.4, -0.2) is 86.2 Å². The van der Waals surface area contributed by atoms with E-state index in [0.717, 1.165) is 11.8 Å². The number of likely N-dealkylation sites (N-methyl/N-ethyl adjacent to an activating group) is 1. The SMILES string of the molecule is CC1CN(CCN2CC3CNCC3C2)C(C)CN1C. The van der Waals surface area contributed by atoms with Crippen LogP contribution in [0, 0.1) is 11.8 Å². The number of piperazine rings is 1. The van der Waals surface area contributed by atoms with Crippen LogP contribution >= 0.6 is 0 Å². The van der Waals surface area contributed by atoms with Gasteiger partial charge in [0.25, 0.3) is 0 Å². The lowest BCUT2D eigenvalue weighted by Gasteiger charge is -2.43. The van der Waals surface area contributed by atoms with Gasteiger partial charge >= 0.3 is 0 Å². The molecule has 4 atom stereocenters. The zero-order chi connectivity index (χ0) is 13.4. The van der Waals surface area contributed by atoms with E-state index in [1.54, 1.807) is 0 Å². The lowest BCUT2D eigenvalue weighted by molar-refractivity contribution is 0.0535. The molecule has 1 N–H and O–H groups in total. The molecular weight excluding hydrogens is 236 g/mol. The molecule has 0 aromatic heterocycles. The molecule has 0 aromatic rings. The maximum atomic E-state index is 3.53. The second-order valence-electron chi connectivity index (χ2n) is 7.07. The molecule has 3 fully saturated rings. The predicted molar refractivity (Wildman–Crippen MR) is 79.4 cm³/mol. The van der Waals surface area contributed by atoms with Crippen molar-refractivity contribution in [2.24, 2.45) is 11.8 Å². The highest BCUT2D eigenvalue weighted by atomic mass is 15.3. The molecule has 3 heterocycles. The minimum absolute atomic E-state index is 0.707. The van der Waals surface area contributed by atoms with E-state index in [1.807, 2.05) is 0 Å². The van der Waals surface area contributed by atoms with Gasteiger partial charge in [-0.05, 0) is 45.8 Å². The fraction of sp³-hybridized carbons (Fsp3) is 1.00. The third-order valence-electron chi connectivity index (χ3n) is 5.60. The fourth-order valence-electron chi connectivity index (χ4n) is 4.09. The third kappa shape index (κ3) is 2.97. The first-order valence-electron chi connectivity index (χ1n) is 8.01. The van der Waals surface area contributed by atoms with Crippen molar-refractivity contribution in [1.29, 1.82) is 0 Å². The number of hydrogen-bond acceptors (Lipinski definition) is 4. The Hall–Kier alpha value is -0.160. The van der Waals surface area contributed by atoms with Gasteiger partial charge in [0.15, 0.2) is 0 Å². The van der Waals surface area contributed by atoms with E-state index in [0.29, 0.717) is 12.1 Å². The summed E-state index contributed by atoms with van der Waals surface area (Å²) in [6.45, 7) is 14.9. The molecule has 19 heavy (non-hydrogen) atoms. The van der Waals surface area contributed by atoms with Crippen molar-refractivity contribution in [3.63, 3.8) is 0 Å². The zero-order valence-electron chi connectivity index (χ0n) is 12.8. The molecule has 4 heteroatoms. The van der Waals surface area contributed by atoms with Crippen LogP contribution in [0.5, 0.6) is 0 Å². The Morgan fingerprint density at radius 3 is 2.26 bits per heavy atom. The van der Waals surface area contributed by atoms with E-state index < -0.39 is 0 Å². The summed E-state index contributed by atoms with van der Waals surface area (Å²) in [6, 6.07) is 1.42. The molecule has 0 spiro atoms. The van der Waals surface area contributed by atoms with Crippen LogP contribution in [0.4, 0.5) is 0 Å². The summed E-state index contributed by atoms with van der Waals surface area (Å²) < 4.78 is 0. The molecule has 4 nitrogen and oxygen atoms in total. The Morgan fingerprint density at radius 1 is 0.895 bits per heavy atom. The number of fused-ring (bicyclic) bond motifs is 1. The van der Waals surface area contributed by atoms with Crippen LogP contribution < -0.4 is 5.32 Å². The Bertz CT molecular complexity index is 297. The fourth-order valence-corrected chi connectivity index (χ4v) is 4.09. The van der Waals surface area contributed by atoms with Crippen molar-refractivity contribution in [3.8, 4) is 0 Å². The largest absolute Gasteiger partial charge is 0.316 e. The van der Waals surface area contributed by atoms with Crippen LogP contribution in [0.25, 0.3) is 0 Å². The standard InChI is InChI=1S/C15H30N4/c1-12-9-19(13(2)8-17(12)3)5-4-18-10-14-6-16-7-15(14)11-18/h12-16H,4-11H2,1-3H3. The average molecular weight is 266 g/mol. The number of nitrogens with one attached hydrogen (secondary N) is 1. The Morgan fingerprint density at radius 2 is 1.58 bits per heavy atom. The summed E-state index contributed by atoms with van der Waals surface area (Å²) >= 11 is 0. The Labute approximate surface area is 118 Å². The Kier molecular flexibility index (Phi) is 4.13. The van der Waals surface area contributed by atoms with Crippen molar-refractivity contribution in [2.75, 3.05) is 59.4 Å². The molecule has 0 aliphatic carbocycles. The van der Waals surface area contributed by atoms with Crippen LogP contribution in [0.2, 0.25) is 0 Å². The normalized spacial score (nSPS) is 41.8. The summed E-state index contributed by atoms with van der Waals surface area (Å²) in [5, 5.41) is 3.53. The van der Waals surface area contributed by atoms with E-state index in [2.05, 4.69) is 40.9 Å². The van der Waals surface area contributed by atoms with Gasteiger partial charge in [-0.1, -0.05) is 0 Å². The zero-order valence-corrected chi connectivity index (χ0v) is 12.8. The van der Waals surface area contributed by atoms with Gasteiger partial charge in [0.2, 0.25) is 0 Å². The molecule has 110 valence electrons. The van der Waals surface area contributed by atoms with Crippen molar-refractivity contribution >= 4 is 0 Å². The highest BCUT2D eigenvalue weighted by molar-refractivity contribution is 4.92. The minimum Gasteiger partial charge on any atom is -0.316 e. The van der Waals surface area contributed by atoms with Gasteiger partial charge in [0.1, 0.15) is 0 Å². The van der Waals surface area contributed by atoms with E-state index >= 15 is 0 Å². The summed E-state index contributed by atoms with van der Waals surface area (Å²) in [5.74, 6) is 1.87. The van der Waals surface area contributed by atoms with E-state index in [1.165, 1.54) is 52.4 Å². The van der Waals surface area contributed by atoms with Crippen molar-refractivity contribution in [2.45, 2.75) is 25.9 Å². The third-order valence-corrected chi connectivity index (χ3v) is 5.60. The molecule has 0 aromatic carbocycles. The molecule has 0 radical (unpaired) electrons. The van der Waals surface area contributed by atoms with Crippen LogP contribution in [0.15, 0.2) is 0 Å². The lowest BCUT2D eigenvalue weighted by atomic mass is 10.0. The number of likely N-dealkylation sites (tertiary alicyclic amines) is 1. The summed E-state index contributed by atoms with van der Waals surface area (Å²) in [5.41, 5.74) is 0. The first kappa shape index (κ1) is 13.8. The van der Waals surface area contributed by atoms with Gasteiger partial charge in [0.05, 0.1) is 0 Å². The molecule has 3 rings (SSSR count). The van der Waals surface area contributed by atoms with Gasteiger partial charge in [-0.15, -0.1) is 0 Å². The molecule has 3 aliphatic rings. The highest BCUT2D eigenvalue weighted by Gasteiger charge is 2.36. The van der Waals surface area contributed by atoms with E-state index in [4.69, 9.17) is 0 Å². The van der Waals surface area contributed by atoms with Crippen LogP contribution in [0.3, 0.4) is 0 Å². The molecule has 0 saturated carbocycles.